The van der Waals surface area contributed by atoms with E-state index in [1.807, 2.05) is 37.3 Å². The van der Waals surface area contributed by atoms with Crippen LogP contribution >= 0.6 is 0 Å². The van der Waals surface area contributed by atoms with Crippen molar-refractivity contribution in [3.8, 4) is 11.5 Å². The van der Waals surface area contributed by atoms with Gasteiger partial charge in [-0.05, 0) is 19.1 Å². The summed E-state index contributed by atoms with van der Waals surface area (Å²) in [5.74, 6) is 0.624. The van der Waals surface area contributed by atoms with E-state index in [9.17, 15) is 14.7 Å². The van der Waals surface area contributed by atoms with Crippen molar-refractivity contribution in [2.45, 2.75) is 19.4 Å². The minimum atomic E-state index is -0.152. The predicted molar refractivity (Wildman–Crippen MR) is 112 cm³/mol. The van der Waals surface area contributed by atoms with Gasteiger partial charge in [-0.2, -0.15) is 0 Å². The highest BCUT2D eigenvalue weighted by molar-refractivity contribution is 5.99. The fourth-order valence-electron chi connectivity index (χ4n) is 3.65. The van der Waals surface area contributed by atoms with Crippen LogP contribution in [0.15, 0.2) is 48.5 Å². The van der Waals surface area contributed by atoms with Crippen molar-refractivity contribution in [2.75, 3.05) is 39.8 Å². The number of piperazine rings is 1. The van der Waals surface area contributed by atoms with Crippen LogP contribution in [-0.2, 0) is 0 Å². The van der Waals surface area contributed by atoms with Gasteiger partial charge in [0.05, 0.1) is 13.2 Å². The number of Topliss-reactive ketones (excluding diaryl/α,β-unsaturated/α-hetero) is 2. The van der Waals surface area contributed by atoms with Crippen LogP contribution in [0.4, 0.5) is 0 Å². The molecule has 0 radical (unpaired) electrons. The number of hydrogen-bond donors (Lipinski definition) is 1. The van der Waals surface area contributed by atoms with Gasteiger partial charge in [0.25, 0.3) is 0 Å². The highest BCUT2D eigenvalue weighted by Crippen LogP contribution is 2.22. The van der Waals surface area contributed by atoms with Crippen molar-refractivity contribution in [2.24, 2.45) is 0 Å². The number of aromatic hydroxyl groups is 1. The van der Waals surface area contributed by atoms with Gasteiger partial charge in [0.1, 0.15) is 11.5 Å². The Kier molecular flexibility index (Phi) is 7.01. The van der Waals surface area contributed by atoms with Gasteiger partial charge in [-0.3, -0.25) is 14.5 Å². The largest absolute Gasteiger partial charge is 0.508 e. The summed E-state index contributed by atoms with van der Waals surface area (Å²) in [5.41, 5.74) is 1.21. The van der Waals surface area contributed by atoms with Crippen LogP contribution in [0.5, 0.6) is 11.5 Å². The molecule has 154 valence electrons. The van der Waals surface area contributed by atoms with Crippen LogP contribution in [0.25, 0.3) is 0 Å². The Hall–Kier alpha value is -2.70. The van der Waals surface area contributed by atoms with E-state index in [0.717, 1.165) is 31.7 Å². The van der Waals surface area contributed by atoms with Crippen molar-refractivity contribution in [1.29, 1.82) is 0 Å². The number of methoxy groups -OCH3 is 1. The monoisotopic (exact) mass is 396 g/mol. The molecule has 1 saturated heterocycles. The SMILES string of the molecule is COc1cc(O)cc(C(=O)CCN2CCN(C(C)C(=O)c3ccccc3)CC2)c1. The number of benzene rings is 2. The van der Waals surface area contributed by atoms with Crippen LogP contribution in [-0.4, -0.2) is 72.3 Å². The molecule has 6 heteroatoms. The Morgan fingerprint density at radius 3 is 2.38 bits per heavy atom. The number of carbonyl (C=O) groups excluding carboxylic acids is 2. The summed E-state index contributed by atoms with van der Waals surface area (Å²) in [6.07, 6.45) is 0.380. The van der Waals surface area contributed by atoms with Crippen molar-refractivity contribution in [1.82, 2.24) is 9.80 Å². The molecule has 0 aromatic heterocycles. The maximum atomic E-state index is 12.6. The van der Waals surface area contributed by atoms with Gasteiger partial charge >= 0.3 is 0 Å². The van der Waals surface area contributed by atoms with Gasteiger partial charge in [0.2, 0.25) is 0 Å². The second-order valence-electron chi connectivity index (χ2n) is 7.38. The molecule has 1 N–H and O–H groups in total. The number of phenolic OH excluding ortho intramolecular Hbond substituents is 1. The lowest BCUT2D eigenvalue weighted by Gasteiger charge is -2.37. The van der Waals surface area contributed by atoms with E-state index in [-0.39, 0.29) is 23.4 Å². The number of nitrogens with zero attached hydrogens (tertiary/aromatic N) is 2. The number of carbonyl (C=O) groups is 2. The van der Waals surface area contributed by atoms with Gasteiger partial charge in [-0.1, -0.05) is 30.3 Å². The Bertz CT molecular complexity index is 845. The van der Waals surface area contributed by atoms with Crippen LogP contribution in [0, 0.1) is 0 Å². The molecule has 1 unspecified atom stereocenters. The maximum absolute atomic E-state index is 12.6. The fraction of sp³-hybridized carbons (Fsp3) is 0.391. The lowest BCUT2D eigenvalue weighted by atomic mass is 10.0. The van der Waals surface area contributed by atoms with Crippen molar-refractivity contribution >= 4 is 11.6 Å². The predicted octanol–water partition coefficient (Wildman–Crippen LogP) is 2.86. The summed E-state index contributed by atoms with van der Waals surface area (Å²) in [5, 5.41) is 9.72. The molecule has 29 heavy (non-hydrogen) atoms. The lowest BCUT2D eigenvalue weighted by molar-refractivity contribution is 0.0691. The molecule has 1 aliphatic rings. The van der Waals surface area contributed by atoms with Crippen LogP contribution in [0.2, 0.25) is 0 Å². The summed E-state index contributed by atoms with van der Waals surface area (Å²) in [6, 6.07) is 13.8. The quantitative estimate of drug-likeness (QED) is 0.692. The molecular weight excluding hydrogens is 368 g/mol. The third kappa shape index (κ3) is 5.43. The fourth-order valence-corrected chi connectivity index (χ4v) is 3.65. The zero-order chi connectivity index (χ0) is 20.8. The molecule has 1 aliphatic heterocycles. The van der Waals surface area contributed by atoms with Crippen molar-refractivity contribution < 1.29 is 19.4 Å². The number of hydrogen-bond acceptors (Lipinski definition) is 6. The molecule has 1 heterocycles. The second-order valence-corrected chi connectivity index (χ2v) is 7.38. The summed E-state index contributed by atoms with van der Waals surface area (Å²) < 4.78 is 5.11. The molecule has 0 amide bonds. The molecule has 0 saturated carbocycles. The average molecular weight is 396 g/mol. The molecule has 1 atom stereocenters. The standard InChI is InChI=1S/C23H28N2O4/c1-17(23(28)18-6-4-3-5-7-18)25-12-10-24(11-13-25)9-8-22(27)19-14-20(26)16-21(15-19)29-2/h3-7,14-17,26H,8-13H2,1-2H3. The Morgan fingerprint density at radius 2 is 1.72 bits per heavy atom. The van der Waals surface area contributed by atoms with Crippen LogP contribution in [0.3, 0.4) is 0 Å². The average Bonchev–Trinajstić information content (AvgIpc) is 2.76. The first kappa shape index (κ1) is 21.0. The van der Waals surface area contributed by atoms with Crippen LogP contribution < -0.4 is 4.74 Å². The molecule has 0 spiro atoms. The third-order valence-electron chi connectivity index (χ3n) is 5.50. The van der Waals surface area contributed by atoms with E-state index >= 15 is 0 Å². The summed E-state index contributed by atoms with van der Waals surface area (Å²) in [4.78, 5) is 29.6. The van der Waals surface area contributed by atoms with Gasteiger partial charge in [-0.25, -0.2) is 0 Å². The molecule has 2 aromatic rings. The Morgan fingerprint density at radius 1 is 1.03 bits per heavy atom. The first-order valence-corrected chi connectivity index (χ1v) is 9.95. The van der Waals surface area contributed by atoms with E-state index < -0.39 is 0 Å². The first-order chi connectivity index (χ1) is 14.0. The molecule has 3 rings (SSSR count). The number of rotatable bonds is 8. The van der Waals surface area contributed by atoms with Gasteiger partial charge in [0.15, 0.2) is 11.6 Å². The zero-order valence-corrected chi connectivity index (χ0v) is 17.0. The minimum Gasteiger partial charge on any atom is -0.508 e. The molecular formula is C23H28N2O4. The number of ketones is 2. The Balaban J connectivity index is 1.48. The molecule has 1 fully saturated rings. The third-order valence-corrected chi connectivity index (χ3v) is 5.50. The van der Waals surface area contributed by atoms with Crippen LogP contribution in [0.1, 0.15) is 34.1 Å². The number of ether oxygens (including phenoxy) is 1. The molecule has 0 aliphatic carbocycles. The minimum absolute atomic E-state index is 0.0192. The summed E-state index contributed by atoms with van der Waals surface area (Å²) in [6.45, 7) is 5.86. The van der Waals surface area contributed by atoms with E-state index in [1.165, 1.54) is 19.2 Å². The van der Waals surface area contributed by atoms with Crippen molar-refractivity contribution in [3.05, 3.63) is 59.7 Å². The van der Waals surface area contributed by atoms with E-state index in [4.69, 9.17) is 4.74 Å². The number of phenols is 1. The highest BCUT2D eigenvalue weighted by atomic mass is 16.5. The Labute approximate surface area is 171 Å². The maximum Gasteiger partial charge on any atom is 0.179 e. The topological polar surface area (TPSA) is 70.1 Å². The lowest BCUT2D eigenvalue weighted by Crippen LogP contribution is -2.51. The van der Waals surface area contributed by atoms with Gasteiger partial charge < -0.3 is 14.7 Å². The summed E-state index contributed by atoms with van der Waals surface area (Å²) >= 11 is 0. The molecule has 2 aromatic carbocycles. The van der Waals surface area contributed by atoms with Crippen molar-refractivity contribution in [3.63, 3.8) is 0 Å². The zero-order valence-electron chi connectivity index (χ0n) is 17.0. The molecule has 0 bridgehead atoms. The van der Waals surface area contributed by atoms with E-state index in [0.29, 0.717) is 24.3 Å². The first-order valence-electron chi connectivity index (χ1n) is 9.95. The second kappa shape index (κ2) is 9.67. The van der Waals surface area contributed by atoms with E-state index in [2.05, 4.69) is 9.80 Å². The smallest absolute Gasteiger partial charge is 0.179 e. The van der Waals surface area contributed by atoms with Gasteiger partial charge in [-0.15, -0.1) is 0 Å². The van der Waals surface area contributed by atoms with Gasteiger partial charge in [0, 0.05) is 56.3 Å². The summed E-state index contributed by atoms with van der Waals surface area (Å²) in [7, 11) is 1.51. The van der Waals surface area contributed by atoms with E-state index in [1.54, 1.807) is 6.07 Å². The highest BCUT2D eigenvalue weighted by Gasteiger charge is 2.26. The molecule has 6 nitrogen and oxygen atoms in total. The normalized spacial score (nSPS) is 16.3.